The Morgan fingerprint density at radius 2 is 1.86 bits per heavy atom. The zero-order chi connectivity index (χ0) is 14.7. The van der Waals surface area contributed by atoms with Crippen LogP contribution in [-0.4, -0.2) is 18.9 Å². The molecule has 3 aromatic rings. The van der Waals surface area contributed by atoms with Crippen molar-refractivity contribution in [3.05, 3.63) is 66.6 Å². The fourth-order valence-corrected chi connectivity index (χ4v) is 2.54. The second-order valence-electron chi connectivity index (χ2n) is 4.91. The molecule has 0 bridgehead atoms. The molecule has 3 heteroatoms. The fourth-order valence-electron chi connectivity index (χ4n) is 2.54. The average Bonchev–Trinajstić information content (AvgIpc) is 3.06. The average molecular weight is 279 g/mol. The lowest BCUT2D eigenvalue weighted by atomic mass is 10.1. The van der Waals surface area contributed by atoms with Gasteiger partial charge in [0.05, 0.1) is 12.8 Å². The number of carbonyl (C=O) groups is 1. The summed E-state index contributed by atoms with van der Waals surface area (Å²) in [7, 11) is 0. The summed E-state index contributed by atoms with van der Waals surface area (Å²) in [6.07, 6.45) is 1.53. The van der Waals surface area contributed by atoms with Crippen LogP contribution in [0.25, 0.3) is 10.8 Å². The van der Waals surface area contributed by atoms with Crippen LogP contribution < -0.4 is 4.90 Å². The van der Waals surface area contributed by atoms with Crippen LogP contribution in [0.5, 0.6) is 0 Å². The summed E-state index contributed by atoms with van der Waals surface area (Å²) < 4.78 is 5.19. The maximum Gasteiger partial charge on any atom is 0.217 e. The molecular weight excluding hydrogens is 262 g/mol. The van der Waals surface area contributed by atoms with E-state index >= 15 is 0 Å². The summed E-state index contributed by atoms with van der Waals surface area (Å²) in [5.41, 5.74) is 1.08. The molecule has 1 heterocycles. The number of anilines is 1. The summed E-state index contributed by atoms with van der Waals surface area (Å²) in [6, 6.07) is 17.8. The van der Waals surface area contributed by atoms with Crippen LogP contribution in [0.2, 0.25) is 0 Å². The maximum absolute atomic E-state index is 12.2. The van der Waals surface area contributed by atoms with Gasteiger partial charge < -0.3 is 9.32 Å². The summed E-state index contributed by atoms with van der Waals surface area (Å²) >= 11 is 0. The Morgan fingerprint density at radius 3 is 2.62 bits per heavy atom. The van der Waals surface area contributed by atoms with E-state index in [1.165, 1.54) is 11.6 Å². The highest BCUT2D eigenvalue weighted by Gasteiger charge is 2.15. The third kappa shape index (κ3) is 2.68. The first-order valence-corrected chi connectivity index (χ1v) is 7.09. The normalized spacial score (nSPS) is 10.7. The smallest absolute Gasteiger partial charge is 0.217 e. The first kappa shape index (κ1) is 13.4. The Kier molecular flexibility index (Phi) is 3.73. The number of hydrogen-bond donors (Lipinski definition) is 0. The number of nitrogens with zero attached hydrogens (tertiary/aromatic N) is 1. The first-order valence-electron chi connectivity index (χ1n) is 7.09. The van der Waals surface area contributed by atoms with Crippen molar-refractivity contribution >= 4 is 22.2 Å². The highest BCUT2D eigenvalue weighted by atomic mass is 16.3. The van der Waals surface area contributed by atoms with Crippen LogP contribution in [0.1, 0.15) is 17.5 Å². The number of rotatable bonds is 5. The predicted octanol–water partition coefficient (Wildman–Crippen LogP) is 4.14. The molecular formula is C18H17NO2. The van der Waals surface area contributed by atoms with Crippen molar-refractivity contribution in [3.8, 4) is 0 Å². The Labute approximate surface area is 123 Å². The van der Waals surface area contributed by atoms with Crippen LogP contribution >= 0.6 is 0 Å². The molecule has 0 spiro atoms. The molecule has 0 amide bonds. The molecule has 3 rings (SSSR count). The molecule has 3 nitrogen and oxygen atoms in total. The second-order valence-corrected chi connectivity index (χ2v) is 4.91. The highest BCUT2D eigenvalue weighted by Crippen LogP contribution is 2.26. The van der Waals surface area contributed by atoms with Gasteiger partial charge in [-0.25, -0.2) is 0 Å². The lowest BCUT2D eigenvalue weighted by Gasteiger charge is -2.23. The minimum absolute atomic E-state index is 0.00483. The van der Waals surface area contributed by atoms with Crippen molar-refractivity contribution in [2.45, 2.75) is 6.92 Å². The van der Waals surface area contributed by atoms with Gasteiger partial charge in [0.2, 0.25) is 5.78 Å². The van der Waals surface area contributed by atoms with Gasteiger partial charge in [0.25, 0.3) is 0 Å². The largest absolute Gasteiger partial charge is 0.461 e. The Hall–Kier alpha value is -2.55. The van der Waals surface area contributed by atoms with Gasteiger partial charge in [0.1, 0.15) is 0 Å². The van der Waals surface area contributed by atoms with E-state index in [4.69, 9.17) is 4.42 Å². The lowest BCUT2D eigenvalue weighted by molar-refractivity contribution is 0.0973. The molecule has 0 N–H and O–H groups in total. The van der Waals surface area contributed by atoms with Gasteiger partial charge in [-0.3, -0.25) is 4.79 Å². The predicted molar refractivity (Wildman–Crippen MR) is 84.9 cm³/mol. The Bertz CT molecular complexity index is 742. The minimum atomic E-state index is -0.00483. The monoisotopic (exact) mass is 279 g/mol. The van der Waals surface area contributed by atoms with E-state index in [2.05, 4.69) is 36.1 Å². The molecule has 0 atom stereocenters. The van der Waals surface area contributed by atoms with Crippen LogP contribution in [0.3, 0.4) is 0 Å². The Balaban J connectivity index is 1.93. The number of fused-ring (bicyclic) bond motifs is 1. The molecule has 0 fully saturated rings. The van der Waals surface area contributed by atoms with E-state index in [1.807, 2.05) is 18.2 Å². The molecule has 21 heavy (non-hydrogen) atoms. The zero-order valence-corrected chi connectivity index (χ0v) is 12.0. The number of Topliss-reactive ketones (excluding diaryl/α,β-unsaturated/α-hetero) is 1. The van der Waals surface area contributed by atoms with Crippen molar-refractivity contribution in [2.24, 2.45) is 0 Å². The van der Waals surface area contributed by atoms with Crippen LogP contribution in [0, 0.1) is 0 Å². The molecule has 1 aromatic heterocycles. The maximum atomic E-state index is 12.2. The van der Waals surface area contributed by atoms with Crippen molar-refractivity contribution in [1.82, 2.24) is 0 Å². The molecule has 0 saturated heterocycles. The number of furan rings is 1. The summed E-state index contributed by atoms with van der Waals surface area (Å²) in [4.78, 5) is 14.3. The number of ketones is 1. The zero-order valence-electron chi connectivity index (χ0n) is 12.0. The van der Waals surface area contributed by atoms with Crippen molar-refractivity contribution in [1.29, 1.82) is 0 Å². The lowest BCUT2D eigenvalue weighted by Crippen LogP contribution is -2.29. The van der Waals surface area contributed by atoms with Crippen LogP contribution in [-0.2, 0) is 0 Å². The SMILES string of the molecule is CCN(CC(=O)c1ccco1)c1cccc2ccccc12. The van der Waals surface area contributed by atoms with E-state index in [-0.39, 0.29) is 5.78 Å². The molecule has 2 aromatic carbocycles. The second kappa shape index (κ2) is 5.83. The topological polar surface area (TPSA) is 33.5 Å². The third-order valence-corrected chi connectivity index (χ3v) is 3.62. The van der Waals surface area contributed by atoms with E-state index < -0.39 is 0 Å². The van der Waals surface area contributed by atoms with Gasteiger partial charge >= 0.3 is 0 Å². The molecule has 0 aliphatic rings. The molecule has 0 aliphatic heterocycles. The standard InChI is InChI=1S/C18H17NO2/c1-2-19(13-17(20)18-11-6-12-21-18)16-10-5-8-14-7-3-4-9-15(14)16/h3-12H,2,13H2,1H3. The number of hydrogen-bond acceptors (Lipinski definition) is 3. The van der Waals surface area contributed by atoms with E-state index in [0.717, 1.165) is 17.6 Å². The van der Waals surface area contributed by atoms with Crippen molar-refractivity contribution in [3.63, 3.8) is 0 Å². The quantitative estimate of drug-likeness (QED) is 0.658. The summed E-state index contributed by atoms with van der Waals surface area (Å²) in [5.74, 6) is 0.406. The highest BCUT2D eigenvalue weighted by molar-refractivity contribution is 6.00. The van der Waals surface area contributed by atoms with Gasteiger partial charge in [0.15, 0.2) is 5.76 Å². The van der Waals surface area contributed by atoms with Gasteiger partial charge in [-0.15, -0.1) is 0 Å². The minimum Gasteiger partial charge on any atom is -0.461 e. The third-order valence-electron chi connectivity index (χ3n) is 3.62. The number of carbonyl (C=O) groups excluding carboxylic acids is 1. The molecule has 0 aliphatic carbocycles. The molecule has 0 saturated carbocycles. The van der Waals surface area contributed by atoms with Crippen molar-refractivity contribution in [2.75, 3.05) is 18.0 Å². The van der Waals surface area contributed by atoms with E-state index in [1.54, 1.807) is 12.1 Å². The first-order chi connectivity index (χ1) is 10.3. The van der Waals surface area contributed by atoms with Gasteiger partial charge in [0, 0.05) is 17.6 Å². The van der Waals surface area contributed by atoms with Gasteiger partial charge in [-0.05, 0) is 30.5 Å². The van der Waals surface area contributed by atoms with E-state index in [9.17, 15) is 4.79 Å². The van der Waals surface area contributed by atoms with E-state index in [0.29, 0.717) is 12.3 Å². The summed E-state index contributed by atoms with van der Waals surface area (Å²) in [5, 5.41) is 2.34. The molecule has 0 unspecified atom stereocenters. The number of benzene rings is 2. The Morgan fingerprint density at radius 1 is 1.05 bits per heavy atom. The van der Waals surface area contributed by atoms with Crippen LogP contribution in [0.15, 0.2) is 65.3 Å². The fraction of sp³-hybridized carbons (Fsp3) is 0.167. The van der Waals surface area contributed by atoms with Crippen molar-refractivity contribution < 1.29 is 9.21 Å². The summed E-state index contributed by atoms with van der Waals surface area (Å²) in [6.45, 7) is 3.13. The molecule has 106 valence electrons. The van der Waals surface area contributed by atoms with Gasteiger partial charge in [-0.2, -0.15) is 0 Å². The number of likely N-dealkylation sites (N-methyl/N-ethyl adjacent to an activating group) is 1. The van der Waals surface area contributed by atoms with Crippen LogP contribution in [0.4, 0.5) is 5.69 Å². The van der Waals surface area contributed by atoms with Gasteiger partial charge in [-0.1, -0.05) is 36.4 Å². The molecule has 0 radical (unpaired) electrons.